The standard InChI is InChI=1S/C22H25NO6/c1-13(24)19-20(18-12-28-22(29-18)14-7-5-4-6-8-14)23(21(19)25)16-10-9-15(26-2)11-17(16)27-3/h4-11,13,18-20,22,24H,12H2,1-3H3/t13-,18+,19-,20-,22-/m1/s1. The van der Waals surface area contributed by atoms with Gasteiger partial charge in [0.05, 0.1) is 44.6 Å². The van der Waals surface area contributed by atoms with Gasteiger partial charge in [-0.15, -0.1) is 0 Å². The number of benzene rings is 2. The summed E-state index contributed by atoms with van der Waals surface area (Å²) in [6, 6.07) is 14.6. The van der Waals surface area contributed by atoms with E-state index in [2.05, 4.69) is 0 Å². The van der Waals surface area contributed by atoms with Crippen LogP contribution in [0.1, 0.15) is 18.8 Å². The number of carbonyl (C=O) groups excluding carboxylic acids is 1. The number of hydrogen-bond donors (Lipinski definition) is 1. The van der Waals surface area contributed by atoms with Gasteiger partial charge in [0.15, 0.2) is 6.29 Å². The highest BCUT2D eigenvalue weighted by Crippen LogP contribution is 2.45. The number of carbonyl (C=O) groups is 1. The van der Waals surface area contributed by atoms with Crippen molar-refractivity contribution < 1.29 is 28.8 Å². The Labute approximate surface area is 169 Å². The molecular formula is C22H25NO6. The molecule has 5 atom stereocenters. The van der Waals surface area contributed by atoms with Crippen LogP contribution in [0.25, 0.3) is 0 Å². The number of nitrogens with zero attached hydrogens (tertiary/aromatic N) is 1. The molecule has 29 heavy (non-hydrogen) atoms. The van der Waals surface area contributed by atoms with Crippen LogP contribution in [0, 0.1) is 5.92 Å². The maximum absolute atomic E-state index is 12.9. The molecule has 2 fully saturated rings. The fourth-order valence-electron chi connectivity index (χ4n) is 4.07. The molecule has 0 spiro atoms. The van der Waals surface area contributed by atoms with Gasteiger partial charge in [-0.25, -0.2) is 0 Å². The van der Waals surface area contributed by atoms with Crippen molar-refractivity contribution >= 4 is 11.6 Å². The molecule has 2 aromatic carbocycles. The molecule has 4 rings (SSSR count). The molecule has 1 N–H and O–H groups in total. The summed E-state index contributed by atoms with van der Waals surface area (Å²) in [5.74, 6) is 0.419. The van der Waals surface area contributed by atoms with Gasteiger partial charge in [0.1, 0.15) is 17.6 Å². The van der Waals surface area contributed by atoms with E-state index < -0.39 is 18.3 Å². The Morgan fingerprint density at radius 1 is 1.14 bits per heavy atom. The zero-order valence-electron chi connectivity index (χ0n) is 16.6. The van der Waals surface area contributed by atoms with Crippen LogP contribution < -0.4 is 14.4 Å². The molecule has 2 heterocycles. The number of methoxy groups -OCH3 is 2. The average Bonchev–Trinajstić information content (AvgIpc) is 3.21. The number of hydrogen-bond acceptors (Lipinski definition) is 6. The Morgan fingerprint density at radius 2 is 1.90 bits per heavy atom. The van der Waals surface area contributed by atoms with Gasteiger partial charge in [0.25, 0.3) is 0 Å². The van der Waals surface area contributed by atoms with Crippen molar-refractivity contribution in [1.29, 1.82) is 0 Å². The first-order valence-corrected chi connectivity index (χ1v) is 9.60. The van der Waals surface area contributed by atoms with Gasteiger partial charge in [-0.2, -0.15) is 0 Å². The van der Waals surface area contributed by atoms with E-state index >= 15 is 0 Å². The lowest BCUT2D eigenvalue weighted by Gasteiger charge is -2.50. The van der Waals surface area contributed by atoms with Gasteiger partial charge in [0, 0.05) is 11.6 Å². The summed E-state index contributed by atoms with van der Waals surface area (Å²) in [6.07, 6.45) is -1.66. The van der Waals surface area contributed by atoms with E-state index in [1.54, 1.807) is 44.2 Å². The maximum atomic E-state index is 12.9. The first kappa shape index (κ1) is 19.7. The second-order valence-corrected chi connectivity index (χ2v) is 7.25. The summed E-state index contributed by atoms with van der Waals surface area (Å²) in [6.45, 7) is 1.96. The molecule has 2 aliphatic heterocycles. The molecule has 0 unspecified atom stereocenters. The number of aliphatic hydroxyl groups is 1. The van der Waals surface area contributed by atoms with Crippen LogP contribution in [0.2, 0.25) is 0 Å². The molecule has 154 valence electrons. The molecule has 2 saturated heterocycles. The fourth-order valence-corrected chi connectivity index (χ4v) is 4.07. The summed E-state index contributed by atoms with van der Waals surface area (Å²) in [5.41, 5.74) is 1.54. The number of anilines is 1. The minimum Gasteiger partial charge on any atom is -0.497 e. The summed E-state index contributed by atoms with van der Waals surface area (Å²) in [7, 11) is 3.12. The Morgan fingerprint density at radius 3 is 2.55 bits per heavy atom. The predicted octanol–water partition coefficient (Wildman–Crippen LogP) is 2.53. The van der Waals surface area contributed by atoms with Crippen molar-refractivity contribution in [3.63, 3.8) is 0 Å². The fraction of sp³-hybridized carbons (Fsp3) is 0.409. The van der Waals surface area contributed by atoms with Gasteiger partial charge in [-0.1, -0.05) is 30.3 Å². The van der Waals surface area contributed by atoms with Gasteiger partial charge in [-0.3, -0.25) is 4.79 Å². The highest BCUT2D eigenvalue weighted by Gasteiger charge is 2.56. The van der Waals surface area contributed by atoms with Gasteiger partial charge < -0.3 is 29.0 Å². The first-order chi connectivity index (χ1) is 14.0. The van der Waals surface area contributed by atoms with E-state index in [9.17, 15) is 9.90 Å². The summed E-state index contributed by atoms with van der Waals surface area (Å²) in [5, 5.41) is 10.2. The van der Waals surface area contributed by atoms with Crippen molar-refractivity contribution in [3.8, 4) is 11.5 Å². The van der Waals surface area contributed by atoms with Crippen molar-refractivity contribution in [2.75, 3.05) is 25.7 Å². The van der Waals surface area contributed by atoms with Crippen LogP contribution in [0.15, 0.2) is 48.5 Å². The number of amides is 1. The van der Waals surface area contributed by atoms with Gasteiger partial charge in [-0.05, 0) is 19.1 Å². The summed E-state index contributed by atoms with van der Waals surface area (Å²) < 4.78 is 22.7. The monoisotopic (exact) mass is 399 g/mol. The molecule has 0 radical (unpaired) electrons. The average molecular weight is 399 g/mol. The Kier molecular flexibility index (Phi) is 5.45. The largest absolute Gasteiger partial charge is 0.497 e. The highest BCUT2D eigenvalue weighted by molar-refractivity contribution is 6.04. The SMILES string of the molecule is COc1ccc(N2C(=O)[C@H]([C@@H](C)O)[C@H]2[C@@H]2CO[C@@H](c3ccccc3)O2)c(OC)c1. The third-order valence-corrected chi connectivity index (χ3v) is 5.52. The molecule has 2 aliphatic rings. The zero-order chi connectivity index (χ0) is 20.5. The Balaban J connectivity index is 1.62. The van der Waals surface area contributed by atoms with E-state index in [4.69, 9.17) is 18.9 Å². The van der Waals surface area contributed by atoms with Crippen molar-refractivity contribution in [2.24, 2.45) is 5.92 Å². The smallest absolute Gasteiger partial charge is 0.235 e. The van der Waals surface area contributed by atoms with Crippen LogP contribution in [0.3, 0.4) is 0 Å². The number of rotatable bonds is 6. The van der Waals surface area contributed by atoms with Gasteiger partial charge >= 0.3 is 0 Å². The first-order valence-electron chi connectivity index (χ1n) is 9.60. The highest BCUT2D eigenvalue weighted by atomic mass is 16.7. The maximum Gasteiger partial charge on any atom is 0.235 e. The summed E-state index contributed by atoms with van der Waals surface area (Å²) >= 11 is 0. The van der Waals surface area contributed by atoms with Crippen molar-refractivity contribution in [1.82, 2.24) is 0 Å². The zero-order valence-corrected chi connectivity index (χ0v) is 16.6. The topological polar surface area (TPSA) is 77.5 Å². The lowest BCUT2D eigenvalue weighted by molar-refractivity contribution is -0.141. The number of β-lactam (4-membered cyclic amide) rings is 1. The predicted molar refractivity (Wildman–Crippen MR) is 106 cm³/mol. The van der Waals surface area contributed by atoms with Crippen LogP contribution in [0.4, 0.5) is 5.69 Å². The molecule has 7 heteroatoms. The number of aliphatic hydroxyl groups excluding tert-OH is 1. The van der Waals surface area contributed by atoms with E-state index in [0.29, 0.717) is 23.8 Å². The van der Waals surface area contributed by atoms with E-state index in [1.807, 2.05) is 30.3 Å². The van der Waals surface area contributed by atoms with Crippen LogP contribution >= 0.6 is 0 Å². The quantitative estimate of drug-likeness (QED) is 0.753. The molecule has 0 saturated carbocycles. The van der Waals surface area contributed by atoms with Crippen LogP contribution in [-0.2, 0) is 14.3 Å². The normalized spacial score (nSPS) is 27.4. The minimum atomic E-state index is -0.799. The Hall–Kier alpha value is -2.61. The van der Waals surface area contributed by atoms with E-state index in [-0.39, 0.29) is 18.1 Å². The molecule has 0 aromatic heterocycles. The van der Waals surface area contributed by atoms with E-state index in [0.717, 1.165) is 5.56 Å². The lowest BCUT2D eigenvalue weighted by atomic mass is 9.79. The molecule has 2 aromatic rings. The molecule has 0 aliphatic carbocycles. The molecule has 7 nitrogen and oxygen atoms in total. The molecular weight excluding hydrogens is 374 g/mol. The molecule has 0 bridgehead atoms. The number of ether oxygens (including phenoxy) is 4. The second kappa shape index (κ2) is 8.02. The van der Waals surface area contributed by atoms with Crippen LogP contribution in [0.5, 0.6) is 11.5 Å². The van der Waals surface area contributed by atoms with E-state index in [1.165, 1.54) is 0 Å². The third-order valence-electron chi connectivity index (χ3n) is 5.52. The minimum absolute atomic E-state index is 0.166. The Bertz CT molecular complexity index is 871. The lowest BCUT2D eigenvalue weighted by Crippen LogP contribution is -2.69. The van der Waals surface area contributed by atoms with Crippen molar-refractivity contribution in [2.45, 2.75) is 31.5 Å². The van der Waals surface area contributed by atoms with Gasteiger partial charge in [0.2, 0.25) is 5.91 Å². The van der Waals surface area contributed by atoms with Crippen molar-refractivity contribution in [3.05, 3.63) is 54.1 Å². The third kappa shape index (κ3) is 3.46. The molecule has 1 amide bonds. The second-order valence-electron chi connectivity index (χ2n) is 7.25. The van der Waals surface area contributed by atoms with Crippen LogP contribution in [-0.4, -0.2) is 50.1 Å². The summed E-state index contributed by atoms with van der Waals surface area (Å²) in [4.78, 5) is 14.6.